The summed E-state index contributed by atoms with van der Waals surface area (Å²) in [5, 5.41) is 12.8. The third-order valence-corrected chi connectivity index (χ3v) is 3.50. The normalized spacial score (nSPS) is 15.0. The molecule has 1 aliphatic carbocycles. The topological polar surface area (TPSA) is 54.6 Å². The van der Waals surface area contributed by atoms with Crippen LogP contribution in [0.25, 0.3) is 0 Å². The van der Waals surface area contributed by atoms with Crippen LogP contribution in [0.15, 0.2) is 47.6 Å². The van der Waals surface area contributed by atoms with Crippen molar-refractivity contribution in [3.8, 4) is 17.6 Å². The van der Waals surface area contributed by atoms with Crippen molar-refractivity contribution in [1.29, 1.82) is 5.26 Å². The first-order valence-corrected chi connectivity index (χ1v) is 7.08. The van der Waals surface area contributed by atoms with E-state index < -0.39 is 6.36 Å². The average molecular weight is 332 g/mol. The molecular weight excluding hydrogens is 321 g/mol. The largest absolute Gasteiger partial charge is 0.573 e. The Morgan fingerprint density at radius 1 is 1.00 bits per heavy atom. The molecule has 0 radical (unpaired) electrons. The number of aryl methyl sites for hydroxylation is 1. The van der Waals surface area contributed by atoms with E-state index in [1.165, 1.54) is 12.1 Å². The van der Waals surface area contributed by atoms with E-state index in [1.54, 1.807) is 30.3 Å². The van der Waals surface area contributed by atoms with Gasteiger partial charge in [0, 0.05) is 5.56 Å². The summed E-state index contributed by atoms with van der Waals surface area (Å²) < 4.78 is 40.9. The molecule has 0 fully saturated rings. The molecule has 0 amide bonds. The summed E-state index contributed by atoms with van der Waals surface area (Å²) in [5.41, 5.74) is 2.54. The van der Waals surface area contributed by atoms with Crippen LogP contribution in [0.2, 0.25) is 0 Å². The number of fused-ring (bicyclic) bond motifs is 1. The van der Waals surface area contributed by atoms with Crippen molar-refractivity contribution in [1.82, 2.24) is 0 Å². The van der Waals surface area contributed by atoms with E-state index in [9.17, 15) is 13.2 Å². The number of hydrogen-bond acceptors (Lipinski definition) is 4. The number of halogens is 3. The van der Waals surface area contributed by atoms with E-state index in [2.05, 4.69) is 9.89 Å². The first-order chi connectivity index (χ1) is 11.4. The van der Waals surface area contributed by atoms with E-state index in [1.807, 2.05) is 6.07 Å². The van der Waals surface area contributed by atoms with Crippen LogP contribution in [0.3, 0.4) is 0 Å². The molecule has 24 heavy (non-hydrogen) atoms. The minimum atomic E-state index is -4.73. The van der Waals surface area contributed by atoms with E-state index >= 15 is 0 Å². The van der Waals surface area contributed by atoms with Crippen molar-refractivity contribution in [3.05, 3.63) is 59.2 Å². The van der Waals surface area contributed by atoms with Gasteiger partial charge in [0.2, 0.25) is 0 Å². The fourth-order valence-electron chi connectivity index (χ4n) is 2.42. The number of oxime groups is 1. The molecule has 0 bridgehead atoms. The summed E-state index contributed by atoms with van der Waals surface area (Å²) in [6.07, 6.45) is -3.48. The van der Waals surface area contributed by atoms with Crippen LogP contribution < -0.4 is 9.57 Å². The zero-order valence-electron chi connectivity index (χ0n) is 12.3. The monoisotopic (exact) mass is 332 g/mol. The Morgan fingerprint density at radius 3 is 2.38 bits per heavy atom. The van der Waals surface area contributed by atoms with Gasteiger partial charge >= 0.3 is 6.36 Å². The lowest BCUT2D eigenvalue weighted by atomic mass is 10.1. The van der Waals surface area contributed by atoms with Crippen molar-refractivity contribution in [2.24, 2.45) is 5.16 Å². The maximum atomic E-state index is 12.3. The van der Waals surface area contributed by atoms with Gasteiger partial charge in [0.25, 0.3) is 0 Å². The molecule has 0 spiro atoms. The van der Waals surface area contributed by atoms with E-state index in [-0.39, 0.29) is 5.75 Å². The van der Waals surface area contributed by atoms with Gasteiger partial charge in [-0.25, -0.2) is 0 Å². The van der Waals surface area contributed by atoms with Crippen LogP contribution in [0.4, 0.5) is 13.2 Å². The minimum Gasteiger partial charge on any atom is -0.406 e. The summed E-state index contributed by atoms with van der Waals surface area (Å²) in [7, 11) is 0. The molecule has 0 saturated heterocycles. The highest BCUT2D eigenvalue weighted by Crippen LogP contribution is 2.30. The predicted molar refractivity (Wildman–Crippen MR) is 79.8 cm³/mol. The molecule has 1 aliphatic rings. The number of hydrogen-bond donors (Lipinski definition) is 0. The number of rotatable bonds is 3. The van der Waals surface area contributed by atoms with E-state index in [4.69, 9.17) is 10.1 Å². The van der Waals surface area contributed by atoms with Crippen molar-refractivity contribution >= 4 is 5.71 Å². The van der Waals surface area contributed by atoms with Crippen LogP contribution in [0.5, 0.6) is 11.5 Å². The van der Waals surface area contributed by atoms with Gasteiger partial charge in [-0.2, -0.15) is 5.26 Å². The molecule has 4 nitrogen and oxygen atoms in total. The molecule has 0 N–H and O–H groups in total. The Hall–Kier alpha value is -3.01. The number of nitrogens with zero attached hydrogens (tertiary/aromatic N) is 2. The van der Waals surface area contributed by atoms with Crippen LogP contribution in [-0.2, 0) is 6.42 Å². The summed E-state index contributed by atoms with van der Waals surface area (Å²) in [4.78, 5) is 5.30. The second-order valence-corrected chi connectivity index (χ2v) is 5.13. The number of ether oxygens (including phenoxy) is 1. The smallest absolute Gasteiger partial charge is 0.406 e. The molecular formula is C17H11F3N2O2. The summed E-state index contributed by atoms with van der Waals surface area (Å²) in [6, 6.07) is 12.6. The van der Waals surface area contributed by atoms with E-state index in [0.717, 1.165) is 5.56 Å². The Kier molecular flexibility index (Phi) is 4.13. The van der Waals surface area contributed by atoms with Gasteiger partial charge in [0.1, 0.15) is 5.75 Å². The molecule has 0 aromatic heterocycles. The second kappa shape index (κ2) is 6.24. The Morgan fingerprint density at radius 2 is 1.71 bits per heavy atom. The average Bonchev–Trinajstić information content (AvgIpc) is 2.94. The third kappa shape index (κ3) is 3.66. The molecule has 7 heteroatoms. The second-order valence-electron chi connectivity index (χ2n) is 5.13. The fourth-order valence-corrected chi connectivity index (χ4v) is 2.42. The van der Waals surface area contributed by atoms with Crippen molar-refractivity contribution in [2.75, 3.05) is 0 Å². The number of alkyl halides is 3. The number of nitriles is 1. The Bertz CT molecular complexity index is 821. The van der Waals surface area contributed by atoms with Crippen molar-refractivity contribution < 1.29 is 22.7 Å². The van der Waals surface area contributed by atoms with Crippen LogP contribution in [-0.4, -0.2) is 12.1 Å². The van der Waals surface area contributed by atoms with Gasteiger partial charge in [-0.15, -0.1) is 13.2 Å². The van der Waals surface area contributed by atoms with Gasteiger partial charge in [0.05, 0.1) is 17.3 Å². The minimum absolute atomic E-state index is 0.283. The van der Waals surface area contributed by atoms with Crippen molar-refractivity contribution in [3.63, 3.8) is 0 Å². The zero-order chi connectivity index (χ0) is 17.2. The van der Waals surface area contributed by atoms with Gasteiger partial charge in [0.15, 0.2) is 5.75 Å². The van der Waals surface area contributed by atoms with Crippen molar-refractivity contribution in [2.45, 2.75) is 19.2 Å². The maximum Gasteiger partial charge on any atom is 0.573 e. The SMILES string of the molecule is N#Cc1ccc(ON=C2CCc3ccc(OC(F)(F)F)cc32)cc1. The molecule has 122 valence electrons. The molecule has 0 aliphatic heterocycles. The van der Waals surface area contributed by atoms with Gasteiger partial charge in [-0.05, 0) is 54.8 Å². The molecule has 0 atom stereocenters. The summed E-state index contributed by atoms with van der Waals surface area (Å²) >= 11 is 0. The highest BCUT2D eigenvalue weighted by atomic mass is 19.4. The highest BCUT2D eigenvalue weighted by Gasteiger charge is 2.32. The quantitative estimate of drug-likeness (QED) is 0.792. The standard InChI is InChI=1S/C17H11F3N2O2/c18-17(19,20)23-14-7-3-12-4-8-16(15(12)9-14)22-24-13-5-1-11(10-21)2-6-13/h1-3,5-7,9H,4,8H2. The first kappa shape index (κ1) is 15.9. The molecule has 0 saturated carbocycles. The lowest BCUT2D eigenvalue weighted by Crippen LogP contribution is -2.17. The van der Waals surface area contributed by atoms with Gasteiger partial charge in [-0.3, -0.25) is 0 Å². The Labute approximate surface area is 135 Å². The van der Waals surface area contributed by atoms with Crippen LogP contribution in [0.1, 0.15) is 23.1 Å². The van der Waals surface area contributed by atoms with Crippen LogP contribution >= 0.6 is 0 Å². The van der Waals surface area contributed by atoms with Gasteiger partial charge < -0.3 is 9.57 Å². The molecule has 0 heterocycles. The Balaban J connectivity index is 1.79. The fraction of sp³-hybridized carbons (Fsp3) is 0.176. The lowest BCUT2D eigenvalue weighted by Gasteiger charge is -2.10. The molecule has 3 rings (SSSR count). The molecule has 2 aromatic carbocycles. The van der Waals surface area contributed by atoms with E-state index in [0.29, 0.717) is 35.4 Å². The molecule has 2 aromatic rings. The number of benzene rings is 2. The first-order valence-electron chi connectivity index (χ1n) is 7.08. The predicted octanol–water partition coefficient (Wildman–Crippen LogP) is 4.19. The molecule has 0 unspecified atom stereocenters. The third-order valence-electron chi connectivity index (χ3n) is 3.50. The van der Waals surface area contributed by atoms with Gasteiger partial charge in [-0.1, -0.05) is 11.2 Å². The summed E-state index contributed by atoms with van der Waals surface area (Å²) in [6.45, 7) is 0. The maximum absolute atomic E-state index is 12.3. The zero-order valence-corrected chi connectivity index (χ0v) is 12.3. The lowest BCUT2D eigenvalue weighted by molar-refractivity contribution is -0.274. The highest BCUT2D eigenvalue weighted by molar-refractivity contribution is 6.04. The summed E-state index contributed by atoms with van der Waals surface area (Å²) in [5.74, 6) is 0.159. The van der Waals surface area contributed by atoms with Crippen LogP contribution in [0, 0.1) is 11.3 Å².